The van der Waals surface area contributed by atoms with Crippen LogP contribution in [0.1, 0.15) is 13.8 Å². The van der Waals surface area contributed by atoms with E-state index in [1.165, 1.54) is 5.01 Å². The summed E-state index contributed by atoms with van der Waals surface area (Å²) in [6.07, 6.45) is 0. The van der Waals surface area contributed by atoms with Gasteiger partial charge in [0.05, 0.1) is 25.1 Å². The van der Waals surface area contributed by atoms with Crippen molar-refractivity contribution in [3.63, 3.8) is 0 Å². The quantitative estimate of drug-likeness (QED) is 0.359. The van der Waals surface area contributed by atoms with E-state index in [0.29, 0.717) is 11.4 Å². The molecule has 0 saturated heterocycles. The number of rotatable bonds is 5. The Bertz CT molecular complexity index is 469. The standard InChI is InChI=1S/C13H19N3O3/c1-4-19-13(17)12(14)9(2)16(15)10-5-7-11(18-3)8-6-10/h5-8H,4,14-15H2,1-3H3/b12-9-. The van der Waals surface area contributed by atoms with Gasteiger partial charge in [-0.3, -0.25) is 5.01 Å². The van der Waals surface area contributed by atoms with Gasteiger partial charge < -0.3 is 15.2 Å². The summed E-state index contributed by atoms with van der Waals surface area (Å²) in [6, 6.07) is 7.06. The van der Waals surface area contributed by atoms with Crippen LogP contribution in [0.2, 0.25) is 0 Å². The van der Waals surface area contributed by atoms with E-state index in [2.05, 4.69) is 0 Å². The molecule has 19 heavy (non-hydrogen) atoms. The molecule has 104 valence electrons. The lowest BCUT2D eigenvalue weighted by Gasteiger charge is -2.21. The lowest BCUT2D eigenvalue weighted by molar-refractivity contribution is -0.138. The monoisotopic (exact) mass is 265 g/mol. The summed E-state index contributed by atoms with van der Waals surface area (Å²) >= 11 is 0. The Morgan fingerprint density at radius 3 is 2.37 bits per heavy atom. The van der Waals surface area contributed by atoms with Gasteiger partial charge in [-0.05, 0) is 38.1 Å². The Morgan fingerprint density at radius 1 is 1.32 bits per heavy atom. The van der Waals surface area contributed by atoms with Gasteiger partial charge in [-0.15, -0.1) is 0 Å². The summed E-state index contributed by atoms with van der Waals surface area (Å²) in [5.41, 5.74) is 6.79. The fraction of sp³-hybridized carbons (Fsp3) is 0.308. The van der Waals surface area contributed by atoms with Crippen LogP contribution in [0.4, 0.5) is 5.69 Å². The second kappa shape index (κ2) is 6.65. The summed E-state index contributed by atoms with van der Waals surface area (Å²) in [5, 5.41) is 1.33. The van der Waals surface area contributed by atoms with E-state index in [1.54, 1.807) is 45.2 Å². The van der Waals surface area contributed by atoms with Gasteiger partial charge in [0.15, 0.2) is 0 Å². The highest BCUT2D eigenvalue weighted by Gasteiger charge is 2.14. The van der Waals surface area contributed by atoms with Crippen molar-refractivity contribution in [1.82, 2.24) is 0 Å². The first kappa shape index (κ1) is 14.8. The largest absolute Gasteiger partial charge is 0.497 e. The number of hydrogen-bond acceptors (Lipinski definition) is 6. The highest BCUT2D eigenvalue weighted by Crippen LogP contribution is 2.20. The van der Waals surface area contributed by atoms with E-state index >= 15 is 0 Å². The molecule has 6 nitrogen and oxygen atoms in total. The minimum Gasteiger partial charge on any atom is -0.497 e. The van der Waals surface area contributed by atoms with Gasteiger partial charge in [-0.2, -0.15) is 0 Å². The molecule has 0 bridgehead atoms. The number of esters is 1. The zero-order valence-corrected chi connectivity index (χ0v) is 11.3. The Hall–Kier alpha value is -2.21. The number of hydrogen-bond donors (Lipinski definition) is 2. The van der Waals surface area contributed by atoms with Gasteiger partial charge in [0.2, 0.25) is 0 Å². The predicted molar refractivity (Wildman–Crippen MR) is 73.2 cm³/mol. The molecule has 0 aliphatic rings. The van der Waals surface area contributed by atoms with Gasteiger partial charge in [0.25, 0.3) is 0 Å². The molecule has 0 radical (unpaired) electrons. The molecule has 0 saturated carbocycles. The van der Waals surface area contributed by atoms with E-state index in [1.807, 2.05) is 0 Å². The molecule has 0 atom stereocenters. The van der Waals surface area contributed by atoms with Crippen LogP contribution in [0.15, 0.2) is 35.7 Å². The molecule has 6 heteroatoms. The summed E-state index contributed by atoms with van der Waals surface area (Å²) in [4.78, 5) is 11.5. The van der Waals surface area contributed by atoms with E-state index in [9.17, 15) is 4.79 Å². The fourth-order valence-corrected chi connectivity index (χ4v) is 1.42. The number of nitrogens with two attached hydrogens (primary N) is 2. The zero-order valence-electron chi connectivity index (χ0n) is 11.3. The normalized spacial score (nSPS) is 11.6. The summed E-state index contributed by atoms with van der Waals surface area (Å²) < 4.78 is 9.88. The molecule has 0 amide bonds. The number of benzene rings is 1. The van der Waals surface area contributed by atoms with Gasteiger partial charge in [0, 0.05) is 0 Å². The molecule has 0 unspecified atom stereocenters. The molecular formula is C13H19N3O3. The number of nitrogens with zero attached hydrogens (tertiary/aromatic N) is 1. The summed E-state index contributed by atoms with van der Waals surface area (Å²) in [6.45, 7) is 3.63. The topological polar surface area (TPSA) is 90.8 Å². The van der Waals surface area contributed by atoms with E-state index in [-0.39, 0.29) is 12.3 Å². The number of hydrazine groups is 1. The van der Waals surface area contributed by atoms with Gasteiger partial charge >= 0.3 is 5.97 Å². The maximum Gasteiger partial charge on any atom is 0.356 e. The molecule has 1 aromatic carbocycles. The van der Waals surface area contributed by atoms with Gasteiger partial charge in [0.1, 0.15) is 11.4 Å². The minimum absolute atomic E-state index is 0.0137. The summed E-state index contributed by atoms with van der Waals surface area (Å²) in [7, 11) is 1.58. The van der Waals surface area contributed by atoms with Gasteiger partial charge in [-0.1, -0.05) is 0 Å². The molecule has 0 spiro atoms. The fourth-order valence-electron chi connectivity index (χ4n) is 1.42. The molecule has 1 aromatic rings. The van der Waals surface area contributed by atoms with Crippen LogP contribution in [-0.2, 0) is 9.53 Å². The molecule has 0 aliphatic carbocycles. The second-order valence-corrected chi connectivity index (χ2v) is 3.79. The predicted octanol–water partition coefficient (Wildman–Crippen LogP) is 1.13. The van der Waals surface area contributed by atoms with Crippen LogP contribution < -0.4 is 21.3 Å². The van der Waals surface area contributed by atoms with E-state index < -0.39 is 5.97 Å². The smallest absolute Gasteiger partial charge is 0.356 e. The Kier molecular flexibility index (Phi) is 5.20. The van der Waals surface area contributed by atoms with Crippen molar-refractivity contribution in [2.75, 3.05) is 18.7 Å². The number of methoxy groups -OCH3 is 1. The molecule has 4 N–H and O–H groups in total. The van der Waals surface area contributed by atoms with E-state index in [4.69, 9.17) is 21.1 Å². The molecule has 0 aliphatic heterocycles. The maximum atomic E-state index is 11.5. The Morgan fingerprint density at radius 2 is 1.89 bits per heavy atom. The number of ether oxygens (including phenoxy) is 2. The zero-order chi connectivity index (χ0) is 14.4. The van der Waals surface area contributed by atoms with Crippen LogP contribution in [0.3, 0.4) is 0 Å². The van der Waals surface area contributed by atoms with Crippen LogP contribution in [-0.4, -0.2) is 19.7 Å². The Labute approximate surface area is 112 Å². The van der Waals surface area contributed by atoms with Gasteiger partial charge in [-0.25, -0.2) is 10.6 Å². The molecule has 0 fully saturated rings. The average molecular weight is 265 g/mol. The second-order valence-electron chi connectivity index (χ2n) is 3.79. The van der Waals surface area contributed by atoms with Crippen LogP contribution in [0, 0.1) is 0 Å². The third-order valence-electron chi connectivity index (χ3n) is 2.60. The number of allylic oxidation sites excluding steroid dienone is 1. The van der Waals surface area contributed by atoms with Crippen molar-refractivity contribution >= 4 is 11.7 Å². The first-order valence-electron chi connectivity index (χ1n) is 5.83. The Balaban J connectivity index is 2.94. The molecule has 1 rings (SSSR count). The first-order valence-corrected chi connectivity index (χ1v) is 5.83. The lowest BCUT2D eigenvalue weighted by Crippen LogP contribution is -2.33. The van der Waals surface area contributed by atoms with E-state index in [0.717, 1.165) is 5.75 Å². The van der Waals surface area contributed by atoms with Crippen molar-refractivity contribution in [3.05, 3.63) is 35.7 Å². The molecule has 0 heterocycles. The van der Waals surface area contributed by atoms with Crippen molar-refractivity contribution in [2.45, 2.75) is 13.8 Å². The van der Waals surface area contributed by atoms with Crippen molar-refractivity contribution in [2.24, 2.45) is 11.6 Å². The van der Waals surface area contributed by atoms with Crippen LogP contribution in [0.25, 0.3) is 0 Å². The SMILES string of the molecule is CCOC(=O)/C(N)=C(\C)N(N)c1ccc(OC)cc1. The molecule has 0 aromatic heterocycles. The van der Waals surface area contributed by atoms with Crippen molar-refractivity contribution < 1.29 is 14.3 Å². The number of carbonyl (C=O) groups excluding carboxylic acids is 1. The third kappa shape index (κ3) is 3.62. The number of anilines is 1. The first-order chi connectivity index (χ1) is 9.01. The van der Waals surface area contributed by atoms with Crippen LogP contribution in [0.5, 0.6) is 5.75 Å². The third-order valence-corrected chi connectivity index (χ3v) is 2.60. The van der Waals surface area contributed by atoms with Crippen molar-refractivity contribution in [3.8, 4) is 5.75 Å². The maximum absolute atomic E-state index is 11.5. The summed E-state index contributed by atoms with van der Waals surface area (Å²) in [5.74, 6) is 6.05. The van der Waals surface area contributed by atoms with Crippen LogP contribution >= 0.6 is 0 Å². The average Bonchev–Trinajstić information content (AvgIpc) is 2.45. The molecular weight excluding hydrogens is 246 g/mol. The highest BCUT2D eigenvalue weighted by molar-refractivity contribution is 5.88. The van der Waals surface area contributed by atoms with Crippen molar-refractivity contribution in [1.29, 1.82) is 0 Å². The minimum atomic E-state index is -0.580. The lowest BCUT2D eigenvalue weighted by atomic mass is 10.2. The number of carbonyl (C=O) groups is 1. The highest BCUT2D eigenvalue weighted by atomic mass is 16.5.